The highest BCUT2D eigenvalue weighted by Crippen LogP contribution is 2.18. The van der Waals surface area contributed by atoms with Crippen molar-refractivity contribution in [2.24, 2.45) is 0 Å². The molecular formula is C15H25N3. The van der Waals surface area contributed by atoms with Gasteiger partial charge in [0.05, 0.1) is 11.9 Å². The Bertz CT molecular complexity index is 366. The van der Waals surface area contributed by atoms with Crippen LogP contribution >= 0.6 is 0 Å². The number of hydrogen-bond donors (Lipinski definition) is 0. The second kappa shape index (κ2) is 6.19. The molecule has 3 nitrogen and oxygen atoms in total. The van der Waals surface area contributed by atoms with Crippen LogP contribution in [0.25, 0.3) is 0 Å². The van der Waals surface area contributed by atoms with Gasteiger partial charge in [0.2, 0.25) is 0 Å². The highest BCUT2D eigenvalue weighted by atomic mass is 15.3. The molecule has 0 bridgehead atoms. The zero-order chi connectivity index (χ0) is 13.0. The topological polar surface area (TPSA) is 19.4 Å². The van der Waals surface area contributed by atoms with Gasteiger partial charge in [0, 0.05) is 38.4 Å². The molecule has 0 aromatic carbocycles. The molecule has 0 saturated carbocycles. The third kappa shape index (κ3) is 3.02. The molecule has 100 valence electrons. The van der Waals surface area contributed by atoms with Gasteiger partial charge in [-0.05, 0) is 31.4 Å². The summed E-state index contributed by atoms with van der Waals surface area (Å²) in [4.78, 5) is 9.39. The van der Waals surface area contributed by atoms with E-state index in [1.807, 2.05) is 12.4 Å². The van der Waals surface area contributed by atoms with Gasteiger partial charge in [0.1, 0.15) is 0 Å². The van der Waals surface area contributed by atoms with Gasteiger partial charge in [-0.25, -0.2) is 0 Å². The summed E-state index contributed by atoms with van der Waals surface area (Å²) in [5.41, 5.74) is 2.52. The number of rotatable bonds is 4. The lowest BCUT2D eigenvalue weighted by molar-refractivity contribution is 0.175. The van der Waals surface area contributed by atoms with E-state index in [1.54, 1.807) is 0 Å². The fourth-order valence-electron chi connectivity index (χ4n) is 2.86. The first-order chi connectivity index (χ1) is 8.74. The predicted octanol–water partition coefficient (Wildman–Crippen LogP) is 2.70. The van der Waals surface area contributed by atoms with E-state index in [2.05, 4.69) is 41.6 Å². The summed E-state index contributed by atoms with van der Waals surface area (Å²) in [5, 5.41) is 0. The van der Waals surface area contributed by atoms with E-state index in [1.165, 1.54) is 37.2 Å². The lowest BCUT2D eigenvalue weighted by Crippen LogP contribution is -2.50. The minimum absolute atomic E-state index is 0.766. The van der Waals surface area contributed by atoms with Crippen LogP contribution < -0.4 is 4.90 Å². The number of aryl methyl sites for hydroxylation is 1. The van der Waals surface area contributed by atoms with E-state index in [9.17, 15) is 0 Å². The van der Waals surface area contributed by atoms with Crippen LogP contribution in [0.3, 0.4) is 0 Å². The smallest absolute Gasteiger partial charge is 0.0556 e. The fraction of sp³-hybridized carbons (Fsp3) is 0.667. The summed E-state index contributed by atoms with van der Waals surface area (Å²) in [7, 11) is 0. The highest BCUT2D eigenvalue weighted by molar-refractivity contribution is 5.46. The molecule has 2 heterocycles. The number of anilines is 1. The molecule has 1 aromatic rings. The minimum atomic E-state index is 0.766. The summed E-state index contributed by atoms with van der Waals surface area (Å²) in [6.07, 6.45) is 6.44. The van der Waals surface area contributed by atoms with Crippen LogP contribution in [0.15, 0.2) is 18.5 Å². The fourth-order valence-corrected chi connectivity index (χ4v) is 2.86. The first-order valence-corrected chi connectivity index (χ1v) is 7.15. The molecule has 1 aliphatic heterocycles. The van der Waals surface area contributed by atoms with E-state index in [0.29, 0.717) is 0 Å². The monoisotopic (exact) mass is 247 g/mol. The third-order valence-electron chi connectivity index (χ3n) is 4.00. The van der Waals surface area contributed by atoms with Crippen molar-refractivity contribution in [1.82, 2.24) is 9.88 Å². The first kappa shape index (κ1) is 13.3. The van der Waals surface area contributed by atoms with Crippen molar-refractivity contribution >= 4 is 5.69 Å². The quantitative estimate of drug-likeness (QED) is 0.815. The Morgan fingerprint density at radius 2 is 1.78 bits per heavy atom. The second-order valence-corrected chi connectivity index (χ2v) is 5.21. The molecule has 1 aliphatic rings. The van der Waals surface area contributed by atoms with Crippen molar-refractivity contribution in [3.8, 4) is 0 Å². The molecule has 3 heteroatoms. The van der Waals surface area contributed by atoms with E-state index < -0.39 is 0 Å². The third-order valence-corrected chi connectivity index (χ3v) is 4.00. The first-order valence-electron chi connectivity index (χ1n) is 7.15. The second-order valence-electron chi connectivity index (χ2n) is 5.21. The molecule has 0 aliphatic carbocycles. The predicted molar refractivity (Wildman–Crippen MR) is 77.1 cm³/mol. The minimum Gasteiger partial charge on any atom is -0.368 e. The van der Waals surface area contributed by atoms with Gasteiger partial charge in [-0.2, -0.15) is 0 Å². The van der Waals surface area contributed by atoms with Crippen LogP contribution in [-0.4, -0.2) is 42.1 Å². The van der Waals surface area contributed by atoms with Crippen molar-refractivity contribution in [2.45, 2.75) is 39.7 Å². The van der Waals surface area contributed by atoms with Gasteiger partial charge >= 0.3 is 0 Å². The van der Waals surface area contributed by atoms with E-state index in [-0.39, 0.29) is 0 Å². The van der Waals surface area contributed by atoms with Gasteiger partial charge in [-0.3, -0.25) is 9.88 Å². The van der Waals surface area contributed by atoms with Crippen LogP contribution in [0.5, 0.6) is 0 Å². The Kier molecular flexibility index (Phi) is 4.59. The van der Waals surface area contributed by atoms with Gasteiger partial charge < -0.3 is 4.90 Å². The lowest BCUT2D eigenvalue weighted by atomic mass is 10.1. The molecule has 0 amide bonds. The van der Waals surface area contributed by atoms with Crippen molar-refractivity contribution in [3.63, 3.8) is 0 Å². The maximum Gasteiger partial charge on any atom is 0.0556 e. The Morgan fingerprint density at radius 1 is 1.11 bits per heavy atom. The van der Waals surface area contributed by atoms with Gasteiger partial charge in [-0.1, -0.05) is 13.8 Å². The van der Waals surface area contributed by atoms with Crippen LogP contribution in [-0.2, 0) is 0 Å². The van der Waals surface area contributed by atoms with E-state index in [4.69, 9.17) is 0 Å². The maximum atomic E-state index is 4.29. The van der Waals surface area contributed by atoms with Crippen molar-refractivity contribution in [2.75, 3.05) is 31.1 Å². The average Bonchev–Trinajstić information content (AvgIpc) is 2.41. The largest absolute Gasteiger partial charge is 0.368 e. The number of pyridine rings is 1. The molecule has 2 rings (SSSR count). The molecule has 1 saturated heterocycles. The Hall–Kier alpha value is -1.09. The summed E-state index contributed by atoms with van der Waals surface area (Å²) in [6.45, 7) is 11.3. The van der Waals surface area contributed by atoms with Crippen molar-refractivity contribution in [1.29, 1.82) is 0 Å². The molecule has 0 spiro atoms. The summed E-state index contributed by atoms with van der Waals surface area (Å²) in [5.74, 6) is 0. The molecule has 0 N–H and O–H groups in total. The Morgan fingerprint density at radius 3 is 2.33 bits per heavy atom. The molecule has 1 aromatic heterocycles. The Labute approximate surface area is 111 Å². The standard InChI is InChI=1S/C15H25N3/c1-4-14(5-2)17-6-8-18(9-7-17)15-10-13(3)11-16-12-15/h10-12,14H,4-9H2,1-3H3. The normalized spacial score (nSPS) is 17.4. The molecule has 0 atom stereocenters. The summed E-state index contributed by atoms with van der Waals surface area (Å²) >= 11 is 0. The van der Waals surface area contributed by atoms with Crippen LogP contribution in [0.1, 0.15) is 32.3 Å². The zero-order valence-electron chi connectivity index (χ0n) is 11.9. The van der Waals surface area contributed by atoms with Crippen molar-refractivity contribution < 1.29 is 0 Å². The van der Waals surface area contributed by atoms with Crippen LogP contribution in [0, 0.1) is 6.92 Å². The van der Waals surface area contributed by atoms with Gasteiger partial charge in [0.25, 0.3) is 0 Å². The number of aromatic nitrogens is 1. The highest BCUT2D eigenvalue weighted by Gasteiger charge is 2.21. The van der Waals surface area contributed by atoms with Crippen LogP contribution in [0.2, 0.25) is 0 Å². The SMILES string of the molecule is CCC(CC)N1CCN(c2cncc(C)c2)CC1. The summed E-state index contributed by atoms with van der Waals surface area (Å²) < 4.78 is 0. The molecular weight excluding hydrogens is 222 g/mol. The molecule has 1 fully saturated rings. The number of nitrogens with zero attached hydrogens (tertiary/aromatic N) is 3. The summed E-state index contributed by atoms with van der Waals surface area (Å²) in [6, 6.07) is 3.00. The van der Waals surface area contributed by atoms with Crippen LogP contribution in [0.4, 0.5) is 5.69 Å². The number of piperazine rings is 1. The number of hydrogen-bond acceptors (Lipinski definition) is 3. The van der Waals surface area contributed by atoms with E-state index >= 15 is 0 Å². The molecule has 0 unspecified atom stereocenters. The molecule has 0 radical (unpaired) electrons. The maximum absolute atomic E-state index is 4.29. The van der Waals surface area contributed by atoms with Gasteiger partial charge in [-0.15, -0.1) is 0 Å². The average molecular weight is 247 g/mol. The lowest BCUT2D eigenvalue weighted by Gasteiger charge is -2.39. The van der Waals surface area contributed by atoms with Crippen molar-refractivity contribution in [3.05, 3.63) is 24.0 Å². The van der Waals surface area contributed by atoms with E-state index in [0.717, 1.165) is 19.1 Å². The van der Waals surface area contributed by atoms with Gasteiger partial charge in [0.15, 0.2) is 0 Å². The molecule has 18 heavy (non-hydrogen) atoms. The Balaban J connectivity index is 1.94. The zero-order valence-corrected chi connectivity index (χ0v) is 11.9.